The van der Waals surface area contributed by atoms with E-state index in [1.54, 1.807) is 0 Å². The average molecular weight is 397 g/mol. The first-order chi connectivity index (χ1) is 13.3. The van der Waals surface area contributed by atoms with Crippen LogP contribution in [-0.4, -0.2) is 34.5 Å². The van der Waals surface area contributed by atoms with Crippen molar-refractivity contribution in [3.05, 3.63) is 71.3 Å². The van der Waals surface area contributed by atoms with Crippen molar-refractivity contribution in [3.8, 4) is 0 Å². The van der Waals surface area contributed by atoms with Gasteiger partial charge < -0.3 is 5.73 Å². The van der Waals surface area contributed by atoms with Crippen molar-refractivity contribution < 1.29 is 0 Å². The van der Waals surface area contributed by atoms with E-state index in [0.717, 1.165) is 32.4 Å². The summed E-state index contributed by atoms with van der Waals surface area (Å²) >= 11 is 0. The summed E-state index contributed by atoms with van der Waals surface area (Å²) in [5, 5.41) is 0. The molecule has 0 aliphatic heterocycles. The van der Waals surface area contributed by atoms with Crippen LogP contribution in [0, 0.1) is 5.92 Å². The molecule has 2 aromatic heterocycles. The highest BCUT2D eigenvalue weighted by Crippen LogP contribution is 2.34. The highest BCUT2D eigenvalue weighted by atomic mass is 32.1. The molecule has 4 rings (SSSR count). The van der Waals surface area contributed by atoms with Gasteiger partial charge in [0.05, 0.1) is 11.7 Å². The highest BCUT2D eigenvalue weighted by molar-refractivity contribution is 7.59. The summed E-state index contributed by atoms with van der Waals surface area (Å²) in [6.07, 6.45) is 15.3. The Balaban J connectivity index is 0.00000225. The summed E-state index contributed by atoms with van der Waals surface area (Å²) in [6, 6.07) is 9.05. The number of pyridine rings is 2. The number of hydrogen-bond acceptors (Lipinski definition) is 4. The maximum Gasteiger partial charge on any atom is 0.0607 e. The fourth-order valence-corrected chi connectivity index (χ4v) is 4.68. The lowest BCUT2D eigenvalue weighted by Crippen LogP contribution is -2.37. The van der Waals surface area contributed by atoms with E-state index in [-0.39, 0.29) is 13.5 Å². The summed E-state index contributed by atoms with van der Waals surface area (Å²) in [5.41, 5.74) is 11.1. The molecule has 0 aromatic carbocycles. The largest absolute Gasteiger partial charge is 0.327 e. The molecule has 0 amide bonds. The van der Waals surface area contributed by atoms with Gasteiger partial charge in [0.1, 0.15) is 0 Å². The third-order valence-corrected chi connectivity index (χ3v) is 6.03. The molecule has 2 N–H and O–H groups in total. The van der Waals surface area contributed by atoms with E-state index in [4.69, 9.17) is 10.7 Å². The van der Waals surface area contributed by atoms with Crippen molar-refractivity contribution in [2.75, 3.05) is 19.6 Å². The van der Waals surface area contributed by atoms with Crippen LogP contribution in [0.4, 0.5) is 0 Å². The maximum absolute atomic E-state index is 5.68. The first kappa shape index (κ1) is 21.0. The second kappa shape index (κ2) is 10.2. The van der Waals surface area contributed by atoms with Crippen molar-refractivity contribution >= 4 is 13.5 Å². The van der Waals surface area contributed by atoms with Gasteiger partial charge in [-0.05, 0) is 67.7 Å². The van der Waals surface area contributed by atoms with Crippen LogP contribution in [0.2, 0.25) is 0 Å². The zero-order chi connectivity index (χ0) is 18.5. The minimum atomic E-state index is 0. The Kier molecular flexibility index (Phi) is 7.65. The molecule has 2 heterocycles. The van der Waals surface area contributed by atoms with E-state index in [9.17, 15) is 0 Å². The van der Waals surface area contributed by atoms with Gasteiger partial charge in [-0.1, -0.05) is 24.3 Å². The Morgan fingerprint density at radius 3 is 2.71 bits per heavy atom. The van der Waals surface area contributed by atoms with Gasteiger partial charge in [-0.15, -0.1) is 0 Å². The number of nitrogens with zero attached hydrogens (tertiary/aromatic N) is 3. The Bertz CT molecular complexity index is 792. The monoisotopic (exact) mass is 396 g/mol. The zero-order valence-corrected chi connectivity index (χ0v) is 17.6. The second-order valence-electron chi connectivity index (χ2n) is 7.83. The van der Waals surface area contributed by atoms with Crippen LogP contribution in [0.1, 0.15) is 47.8 Å². The first-order valence-electron chi connectivity index (χ1n) is 10.3. The average Bonchev–Trinajstić information content (AvgIpc) is 2.73. The number of fused-ring (bicyclic) bond motifs is 2. The number of hydrogen-bond donors (Lipinski definition) is 1. The van der Waals surface area contributed by atoms with Gasteiger partial charge in [0.2, 0.25) is 0 Å². The Morgan fingerprint density at radius 1 is 1.04 bits per heavy atom. The number of aromatic nitrogens is 2. The standard InChI is InChI=1S/C23H30N4.H2S/c24-12-1-2-15-27(22-9-3-6-20-8-5-14-26-23(20)22)17-18-10-11-19-7-4-13-25-21(19)16-18;/h1-2,4-5,7-8,13-14,18,22H,3,6,9-12,15-17,24H2;1H2/b2-1+;/t18?,22-;/m0./s1. The van der Waals surface area contributed by atoms with Gasteiger partial charge in [-0.2, -0.15) is 13.5 Å². The van der Waals surface area contributed by atoms with Crippen LogP contribution >= 0.6 is 13.5 Å². The first-order valence-corrected chi connectivity index (χ1v) is 10.3. The summed E-state index contributed by atoms with van der Waals surface area (Å²) in [4.78, 5) is 12.1. The van der Waals surface area contributed by atoms with Gasteiger partial charge in [-0.25, -0.2) is 0 Å². The second-order valence-corrected chi connectivity index (χ2v) is 7.83. The molecule has 2 aliphatic carbocycles. The molecule has 2 atom stereocenters. The topological polar surface area (TPSA) is 55.0 Å². The lowest BCUT2D eigenvalue weighted by molar-refractivity contribution is 0.157. The molecule has 2 aliphatic rings. The summed E-state index contributed by atoms with van der Waals surface area (Å²) < 4.78 is 0. The van der Waals surface area contributed by atoms with E-state index >= 15 is 0 Å². The molecule has 150 valence electrons. The molecule has 0 radical (unpaired) electrons. The van der Waals surface area contributed by atoms with Crippen LogP contribution in [0.15, 0.2) is 48.8 Å². The summed E-state index contributed by atoms with van der Waals surface area (Å²) in [7, 11) is 0. The summed E-state index contributed by atoms with van der Waals surface area (Å²) in [6.45, 7) is 2.66. The van der Waals surface area contributed by atoms with E-state index in [0.29, 0.717) is 18.5 Å². The molecule has 0 bridgehead atoms. The molecular weight excluding hydrogens is 364 g/mol. The quantitative estimate of drug-likeness (QED) is 0.758. The molecule has 28 heavy (non-hydrogen) atoms. The predicted octanol–water partition coefficient (Wildman–Crippen LogP) is 3.59. The highest BCUT2D eigenvalue weighted by Gasteiger charge is 2.29. The summed E-state index contributed by atoms with van der Waals surface area (Å²) in [5.74, 6) is 0.660. The lowest BCUT2D eigenvalue weighted by Gasteiger charge is -2.37. The molecule has 0 fully saturated rings. The van der Waals surface area contributed by atoms with Crippen molar-refractivity contribution in [3.63, 3.8) is 0 Å². The maximum atomic E-state index is 5.68. The zero-order valence-electron chi connectivity index (χ0n) is 16.6. The van der Waals surface area contributed by atoms with Gasteiger partial charge in [0.15, 0.2) is 0 Å². The molecule has 5 heteroatoms. The molecule has 0 saturated heterocycles. The van der Waals surface area contributed by atoms with E-state index in [1.165, 1.54) is 41.8 Å². The smallest absolute Gasteiger partial charge is 0.0607 e. The molecule has 0 saturated carbocycles. The minimum absolute atomic E-state index is 0. The lowest BCUT2D eigenvalue weighted by atomic mass is 9.85. The normalized spacial score (nSPS) is 21.2. The molecular formula is C23H32N4S. The van der Waals surface area contributed by atoms with Gasteiger partial charge in [0, 0.05) is 37.7 Å². The van der Waals surface area contributed by atoms with Crippen molar-refractivity contribution in [2.45, 2.75) is 44.6 Å². The molecule has 0 spiro atoms. The van der Waals surface area contributed by atoms with Gasteiger partial charge >= 0.3 is 0 Å². The van der Waals surface area contributed by atoms with Crippen molar-refractivity contribution in [1.29, 1.82) is 0 Å². The third kappa shape index (κ3) is 4.83. The van der Waals surface area contributed by atoms with Crippen molar-refractivity contribution in [1.82, 2.24) is 14.9 Å². The van der Waals surface area contributed by atoms with E-state index in [1.807, 2.05) is 12.4 Å². The fraction of sp³-hybridized carbons (Fsp3) is 0.478. The van der Waals surface area contributed by atoms with Gasteiger partial charge in [-0.3, -0.25) is 14.9 Å². The molecule has 1 unspecified atom stereocenters. The van der Waals surface area contributed by atoms with E-state index < -0.39 is 0 Å². The van der Waals surface area contributed by atoms with Gasteiger partial charge in [0.25, 0.3) is 0 Å². The van der Waals surface area contributed by atoms with E-state index in [2.05, 4.69) is 46.3 Å². The predicted molar refractivity (Wildman–Crippen MR) is 120 cm³/mol. The van der Waals surface area contributed by atoms with Crippen LogP contribution < -0.4 is 5.73 Å². The minimum Gasteiger partial charge on any atom is -0.327 e. The Labute approximate surface area is 175 Å². The van der Waals surface area contributed by atoms with Crippen molar-refractivity contribution in [2.24, 2.45) is 11.7 Å². The number of aryl methyl sites for hydroxylation is 2. The van der Waals surface area contributed by atoms with Crippen LogP contribution in [0.25, 0.3) is 0 Å². The molecule has 2 aromatic rings. The Morgan fingerprint density at radius 2 is 1.86 bits per heavy atom. The third-order valence-electron chi connectivity index (χ3n) is 6.03. The SMILES string of the molecule is NC/C=C/CN(CC1CCc2cccnc2C1)[C@H]1CCCc2cccnc21.S. The van der Waals surface area contributed by atoms with Crippen LogP contribution in [0.5, 0.6) is 0 Å². The fourth-order valence-electron chi connectivity index (χ4n) is 4.68. The number of nitrogens with two attached hydrogens (primary N) is 1. The number of rotatable bonds is 6. The van der Waals surface area contributed by atoms with Crippen LogP contribution in [0.3, 0.4) is 0 Å². The molecule has 4 nitrogen and oxygen atoms in total. The van der Waals surface area contributed by atoms with Crippen LogP contribution in [-0.2, 0) is 19.3 Å². The Hall–Kier alpha value is -1.69.